The molecule has 1 aromatic heterocycles. The van der Waals surface area contributed by atoms with Gasteiger partial charge in [0.25, 0.3) is 0 Å². The summed E-state index contributed by atoms with van der Waals surface area (Å²) in [6.45, 7) is 4.43. The number of aromatic amines is 1. The minimum Gasteiger partial charge on any atom is -0.504 e. The summed E-state index contributed by atoms with van der Waals surface area (Å²) < 4.78 is 30.6. The number of H-pyrrole nitrogens is 1. The van der Waals surface area contributed by atoms with Gasteiger partial charge in [-0.1, -0.05) is 24.3 Å². The second-order valence-electron chi connectivity index (χ2n) is 15.2. The van der Waals surface area contributed by atoms with Crippen LogP contribution in [0, 0.1) is 13.8 Å². The number of aliphatic hydroxyl groups is 2. The fourth-order valence-electron chi connectivity index (χ4n) is 9.80. The van der Waals surface area contributed by atoms with Crippen molar-refractivity contribution in [3.63, 3.8) is 0 Å². The Balaban J connectivity index is 1.40. The monoisotopic (exact) mass is 772 g/mol. The molecule has 0 amide bonds. The number of ether oxygens (including phenoxy) is 5. The number of carbonyl (C=O) groups is 2. The average Bonchev–Trinajstić information content (AvgIpc) is 3.78. The van der Waals surface area contributed by atoms with Crippen molar-refractivity contribution in [3.05, 3.63) is 75.0 Å². The first-order chi connectivity index (χ1) is 26.4. The van der Waals surface area contributed by atoms with Gasteiger partial charge >= 0.3 is 11.9 Å². The molecule has 7 atom stereocenters. The maximum absolute atomic E-state index is 15.1. The van der Waals surface area contributed by atoms with Gasteiger partial charge in [0.15, 0.2) is 23.0 Å². The van der Waals surface area contributed by atoms with Gasteiger partial charge in [-0.15, -0.1) is 11.8 Å². The molecule has 0 aliphatic carbocycles. The summed E-state index contributed by atoms with van der Waals surface area (Å²) in [7, 11) is 5.33. The van der Waals surface area contributed by atoms with E-state index in [-0.39, 0.29) is 37.9 Å². The van der Waals surface area contributed by atoms with Gasteiger partial charge in [0.2, 0.25) is 11.7 Å². The number of nitrogens with one attached hydrogen (secondary N) is 2. The molecule has 3 aromatic carbocycles. The number of nitrogens with zero attached hydrogens (tertiary/aromatic N) is 2. The number of esters is 2. The predicted octanol–water partition coefficient (Wildman–Crippen LogP) is 3.75. The minimum absolute atomic E-state index is 0.0376. The van der Waals surface area contributed by atoms with Crippen molar-refractivity contribution in [2.75, 3.05) is 41.2 Å². The van der Waals surface area contributed by atoms with Crippen molar-refractivity contribution in [3.8, 4) is 28.7 Å². The molecule has 5 N–H and O–H groups in total. The summed E-state index contributed by atoms with van der Waals surface area (Å²) in [6, 6.07) is 7.05. The summed E-state index contributed by atoms with van der Waals surface area (Å²) in [5.41, 5.74) is 6.05. The van der Waals surface area contributed by atoms with Crippen LogP contribution in [0.3, 0.4) is 0 Å². The number of fused-ring (bicyclic) bond motifs is 7. The molecule has 55 heavy (non-hydrogen) atoms. The number of aromatic nitrogens is 1. The van der Waals surface area contributed by atoms with E-state index in [1.807, 2.05) is 68.1 Å². The van der Waals surface area contributed by atoms with Crippen LogP contribution in [0.25, 0.3) is 10.9 Å². The van der Waals surface area contributed by atoms with Crippen LogP contribution in [0.5, 0.6) is 28.7 Å². The number of phenolic OH excluding ortho intramolecular Hbond substituents is 1. The molecular formula is C40H44N4O10S. The van der Waals surface area contributed by atoms with Crippen LogP contribution in [0.4, 0.5) is 0 Å². The highest BCUT2D eigenvalue weighted by molar-refractivity contribution is 8.01. The first kappa shape index (κ1) is 36.1. The van der Waals surface area contributed by atoms with E-state index in [1.54, 1.807) is 0 Å². The average molecular weight is 773 g/mol. The van der Waals surface area contributed by atoms with E-state index in [2.05, 4.69) is 10.3 Å². The summed E-state index contributed by atoms with van der Waals surface area (Å²) in [5.74, 6) is 0.261. The smallest absolute Gasteiger partial charge is 0.343 e. The van der Waals surface area contributed by atoms with Crippen LogP contribution in [-0.2, 0) is 32.0 Å². The zero-order valence-electron chi connectivity index (χ0n) is 31.4. The van der Waals surface area contributed by atoms with Gasteiger partial charge in [0.1, 0.15) is 18.6 Å². The first-order valence-corrected chi connectivity index (χ1v) is 19.3. The number of para-hydroxylation sites is 1. The number of hydrogen-bond donors (Lipinski definition) is 5. The van der Waals surface area contributed by atoms with Gasteiger partial charge in [-0.05, 0) is 57.1 Å². The van der Waals surface area contributed by atoms with Crippen molar-refractivity contribution in [1.29, 1.82) is 0 Å². The third kappa shape index (κ3) is 5.13. The Morgan fingerprint density at radius 2 is 1.85 bits per heavy atom. The minimum atomic E-state index is -1.63. The van der Waals surface area contributed by atoms with Crippen LogP contribution >= 0.6 is 11.8 Å². The molecule has 15 heteroatoms. The summed E-state index contributed by atoms with van der Waals surface area (Å²) in [5, 5.41) is 39.1. The lowest BCUT2D eigenvalue weighted by Gasteiger charge is -2.52. The standard InChI is InChI=1S/C40H44N4O10S/c1-17-11-20-12-26(47)44-25-15-51-39(49)40(38-23(13-21(14-45)42-40)22-9-7-8-10-24(22)41-38)55-37(31(44)30(43(4)5)27(20)32(48)33(17)50-6)29-28(25)36-35(52-16-53-36)18(2)34(29)54-19(3)46/h7-11,21,25-26,30-31,37,41-42,45,47-48H,12-16H2,1-6H3/t21-,25-,26-,30-,31+,37+,40-/m0/s1. The van der Waals surface area contributed by atoms with E-state index >= 15 is 4.79 Å². The molecule has 1 saturated heterocycles. The number of aliphatic hydroxyl groups excluding tert-OH is 2. The van der Waals surface area contributed by atoms with Crippen molar-refractivity contribution in [1.82, 2.24) is 20.1 Å². The van der Waals surface area contributed by atoms with Crippen LogP contribution < -0.4 is 24.3 Å². The Bertz CT molecular complexity index is 2280. The molecule has 6 aliphatic heterocycles. The number of benzene rings is 3. The van der Waals surface area contributed by atoms with Crippen LogP contribution in [0.2, 0.25) is 0 Å². The number of phenols is 1. The van der Waals surface area contributed by atoms with Crippen LogP contribution in [0.15, 0.2) is 30.3 Å². The molecule has 290 valence electrons. The zero-order valence-corrected chi connectivity index (χ0v) is 32.2. The molecule has 14 nitrogen and oxygen atoms in total. The van der Waals surface area contributed by atoms with Gasteiger partial charge in [-0.3, -0.25) is 15.0 Å². The van der Waals surface area contributed by atoms with Crippen molar-refractivity contribution in [2.45, 2.75) is 74.1 Å². The molecule has 2 bridgehead atoms. The zero-order chi connectivity index (χ0) is 38.7. The number of aryl methyl sites for hydroxylation is 1. The van der Waals surface area contributed by atoms with E-state index < -0.39 is 52.5 Å². The molecule has 0 unspecified atom stereocenters. The number of carbonyl (C=O) groups excluding carboxylic acids is 2. The van der Waals surface area contributed by atoms with E-state index in [4.69, 9.17) is 23.7 Å². The number of rotatable bonds is 4. The molecule has 0 saturated carbocycles. The van der Waals surface area contributed by atoms with Crippen molar-refractivity contribution >= 4 is 34.6 Å². The number of methoxy groups -OCH3 is 1. The van der Waals surface area contributed by atoms with Crippen molar-refractivity contribution in [2.24, 2.45) is 0 Å². The quantitative estimate of drug-likeness (QED) is 0.150. The number of hydrogen-bond acceptors (Lipinski definition) is 14. The van der Waals surface area contributed by atoms with Gasteiger partial charge < -0.3 is 48.9 Å². The van der Waals surface area contributed by atoms with Gasteiger partial charge in [0, 0.05) is 58.6 Å². The number of aromatic hydroxyl groups is 1. The van der Waals surface area contributed by atoms with Crippen molar-refractivity contribution < 1.29 is 48.6 Å². The topological polar surface area (TPSA) is 175 Å². The Morgan fingerprint density at radius 3 is 2.58 bits per heavy atom. The Kier molecular flexibility index (Phi) is 8.57. The van der Waals surface area contributed by atoms with Crippen LogP contribution in [0.1, 0.15) is 68.9 Å². The normalized spacial score (nSPS) is 28.1. The number of thioether (sulfide) groups is 1. The molecule has 6 aliphatic rings. The second-order valence-corrected chi connectivity index (χ2v) is 16.6. The van der Waals surface area contributed by atoms with Gasteiger partial charge in [-0.2, -0.15) is 0 Å². The lowest BCUT2D eigenvalue weighted by Crippen LogP contribution is -2.58. The Morgan fingerprint density at radius 1 is 1.09 bits per heavy atom. The number of likely N-dealkylation sites (N-methyl/N-ethyl adjacent to an activating group) is 1. The van der Waals surface area contributed by atoms with Crippen LogP contribution in [-0.4, -0.2) is 102 Å². The van der Waals surface area contributed by atoms with E-state index in [9.17, 15) is 20.1 Å². The molecule has 7 heterocycles. The lowest BCUT2D eigenvalue weighted by atomic mass is 9.80. The molecule has 10 rings (SSSR count). The summed E-state index contributed by atoms with van der Waals surface area (Å²) >= 11 is 1.27. The Labute approximate surface area is 321 Å². The molecular weight excluding hydrogens is 729 g/mol. The fourth-order valence-corrected chi connectivity index (χ4v) is 11.6. The second kappa shape index (κ2) is 13.0. The molecule has 4 aromatic rings. The predicted molar refractivity (Wildman–Crippen MR) is 201 cm³/mol. The third-order valence-corrected chi connectivity index (χ3v) is 13.5. The third-order valence-electron chi connectivity index (χ3n) is 11.9. The Hall–Kier alpha value is -4.51. The lowest BCUT2D eigenvalue weighted by molar-refractivity contribution is -0.154. The fraction of sp³-hybridized carbons (Fsp3) is 0.450. The largest absolute Gasteiger partial charge is 0.504 e. The summed E-state index contributed by atoms with van der Waals surface area (Å²) in [6.07, 6.45) is -0.559. The SMILES string of the molecule is COc1c(C)cc2c(c1O)[C@H](N(C)C)[C@@H]1[C@@H]3S[C@]4(N[C@H](CO)Cc5c4[nH]c4ccccc54)C(=O)OC[C@@H](c4c5c(c(C)c(OC(C)=O)c43)OCO5)N1[C@@H](O)C2. The highest BCUT2D eigenvalue weighted by Gasteiger charge is 2.61. The van der Waals surface area contributed by atoms with E-state index in [1.165, 1.54) is 25.8 Å². The first-order valence-electron chi connectivity index (χ1n) is 18.4. The molecule has 1 fully saturated rings. The highest BCUT2D eigenvalue weighted by Crippen LogP contribution is 2.65. The maximum Gasteiger partial charge on any atom is 0.343 e. The highest BCUT2D eigenvalue weighted by atomic mass is 32.2. The maximum atomic E-state index is 15.1. The van der Waals surface area contributed by atoms with E-state index in [0.717, 1.165) is 22.0 Å². The molecule has 0 radical (unpaired) electrons. The van der Waals surface area contributed by atoms with Gasteiger partial charge in [0.05, 0.1) is 36.7 Å². The summed E-state index contributed by atoms with van der Waals surface area (Å²) in [4.78, 5) is 34.0. The van der Waals surface area contributed by atoms with Gasteiger partial charge in [-0.25, -0.2) is 4.79 Å². The molecule has 1 spiro atoms. The van der Waals surface area contributed by atoms with E-state index in [0.29, 0.717) is 57.2 Å².